The number of rotatable bonds is 2. The first-order chi connectivity index (χ1) is 8.53. The Morgan fingerprint density at radius 1 is 1.22 bits per heavy atom. The van der Waals surface area contributed by atoms with Crippen LogP contribution in [0.4, 0.5) is 14.5 Å². The molecule has 5 heteroatoms. The van der Waals surface area contributed by atoms with E-state index in [1.807, 2.05) is 29.2 Å². The van der Waals surface area contributed by atoms with Gasteiger partial charge in [0.05, 0.1) is 16.2 Å². The second kappa shape index (κ2) is 5.41. The third-order valence-corrected chi connectivity index (χ3v) is 3.86. The maximum atomic E-state index is 12.9. The first-order valence-corrected chi connectivity index (χ1v) is 6.47. The Hall–Kier alpha value is -0.870. The van der Waals surface area contributed by atoms with Gasteiger partial charge in [-0.1, -0.05) is 23.7 Å². The van der Waals surface area contributed by atoms with Crippen molar-refractivity contribution in [2.45, 2.75) is 31.2 Å². The molecule has 2 nitrogen and oxygen atoms in total. The third kappa shape index (κ3) is 2.75. The number of nitrogens with two attached hydrogens (primary N) is 1. The van der Waals surface area contributed by atoms with E-state index >= 15 is 0 Å². The van der Waals surface area contributed by atoms with Crippen LogP contribution in [0.5, 0.6) is 0 Å². The van der Waals surface area contributed by atoms with Crippen molar-refractivity contribution in [3.05, 3.63) is 29.3 Å². The van der Waals surface area contributed by atoms with Crippen LogP contribution in [0.3, 0.4) is 0 Å². The molecular weight excluding hydrogens is 258 g/mol. The number of hydrogen-bond acceptors (Lipinski definition) is 2. The molecule has 1 atom stereocenters. The van der Waals surface area contributed by atoms with Crippen LogP contribution in [-0.4, -0.2) is 25.1 Å². The highest BCUT2D eigenvalue weighted by Gasteiger charge is 2.37. The van der Waals surface area contributed by atoms with Crippen LogP contribution in [0.15, 0.2) is 24.3 Å². The van der Waals surface area contributed by atoms with Crippen LogP contribution >= 0.6 is 11.6 Å². The molecule has 0 amide bonds. The van der Waals surface area contributed by atoms with E-state index in [1.54, 1.807) is 0 Å². The first kappa shape index (κ1) is 13.6. The van der Waals surface area contributed by atoms with E-state index in [9.17, 15) is 8.78 Å². The summed E-state index contributed by atoms with van der Waals surface area (Å²) in [6.45, 7) is 1.24. The molecule has 1 heterocycles. The molecule has 0 bridgehead atoms. The van der Waals surface area contributed by atoms with Crippen molar-refractivity contribution >= 4 is 17.3 Å². The fourth-order valence-corrected chi connectivity index (χ4v) is 2.60. The molecule has 1 unspecified atom stereocenters. The summed E-state index contributed by atoms with van der Waals surface area (Å²) in [7, 11) is 0. The second-order valence-electron chi connectivity index (χ2n) is 4.83. The van der Waals surface area contributed by atoms with E-state index in [1.165, 1.54) is 0 Å². The summed E-state index contributed by atoms with van der Waals surface area (Å²) >= 11 is 6.12. The molecule has 0 radical (unpaired) electrons. The zero-order chi connectivity index (χ0) is 13.2. The first-order valence-electron chi connectivity index (χ1n) is 6.09. The van der Waals surface area contributed by atoms with E-state index in [4.69, 9.17) is 17.3 Å². The van der Waals surface area contributed by atoms with E-state index < -0.39 is 12.0 Å². The van der Waals surface area contributed by atoms with Crippen LogP contribution in [0.2, 0.25) is 5.02 Å². The number of hydrogen-bond donors (Lipinski definition) is 1. The fraction of sp³-hybridized carbons (Fsp3) is 0.538. The predicted octanol–water partition coefficient (Wildman–Crippen LogP) is 3.29. The molecule has 100 valence electrons. The third-order valence-electron chi connectivity index (χ3n) is 3.55. The number of alkyl halides is 2. The van der Waals surface area contributed by atoms with Crippen molar-refractivity contribution in [1.29, 1.82) is 0 Å². The largest absolute Gasteiger partial charge is 0.370 e. The fourth-order valence-electron chi connectivity index (χ4n) is 2.35. The van der Waals surface area contributed by atoms with Gasteiger partial charge in [-0.3, -0.25) is 0 Å². The Bertz CT molecular complexity index is 414. The van der Waals surface area contributed by atoms with Crippen LogP contribution < -0.4 is 10.6 Å². The zero-order valence-electron chi connectivity index (χ0n) is 10.1. The summed E-state index contributed by atoms with van der Waals surface area (Å²) in [5.41, 5.74) is 5.32. The van der Waals surface area contributed by atoms with Crippen molar-refractivity contribution in [3.63, 3.8) is 0 Å². The van der Waals surface area contributed by atoms with Gasteiger partial charge in [-0.15, -0.1) is 0 Å². The zero-order valence-corrected chi connectivity index (χ0v) is 10.8. The number of para-hydroxylation sites is 1. The van der Waals surface area contributed by atoms with Crippen LogP contribution in [0.25, 0.3) is 0 Å². The van der Waals surface area contributed by atoms with Gasteiger partial charge < -0.3 is 10.6 Å². The number of halogens is 3. The number of anilines is 1. The summed E-state index contributed by atoms with van der Waals surface area (Å²) in [4.78, 5) is 2.04. The molecule has 2 N–H and O–H groups in total. The lowest BCUT2D eigenvalue weighted by Crippen LogP contribution is -2.47. The molecule has 18 heavy (non-hydrogen) atoms. The van der Waals surface area contributed by atoms with Crippen LogP contribution in [-0.2, 0) is 0 Å². The highest BCUT2D eigenvalue weighted by molar-refractivity contribution is 6.33. The SMILES string of the molecule is NC1(C(F)F)CCCN(c2ccccc2Cl)CC1. The Morgan fingerprint density at radius 2 is 1.94 bits per heavy atom. The molecule has 0 aromatic heterocycles. The van der Waals surface area contributed by atoms with Gasteiger partial charge in [0.25, 0.3) is 6.43 Å². The molecule has 1 aliphatic rings. The maximum Gasteiger partial charge on any atom is 0.256 e. The average Bonchev–Trinajstić information content (AvgIpc) is 2.53. The molecule has 1 fully saturated rings. The summed E-state index contributed by atoms with van der Waals surface area (Å²) in [6.07, 6.45) is -1.17. The molecule has 1 aromatic carbocycles. The molecule has 2 rings (SSSR count). The highest BCUT2D eigenvalue weighted by atomic mass is 35.5. The average molecular weight is 275 g/mol. The minimum atomic E-state index is -2.47. The lowest BCUT2D eigenvalue weighted by Gasteiger charge is -2.28. The van der Waals surface area contributed by atoms with E-state index in [-0.39, 0.29) is 6.42 Å². The van der Waals surface area contributed by atoms with Crippen molar-refractivity contribution in [2.75, 3.05) is 18.0 Å². The normalized spacial score (nSPS) is 25.3. The van der Waals surface area contributed by atoms with Crippen LogP contribution in [0, 0.1) is 0 Å². The quantitative estimate of drug-likeness (QED) is 0.897. The van der Waals surface area contributed by atoms with E-state index in [0.29, 0.717) is 24.4 Å². The lowest BCUT2D eigenvalue weighted by molar-refractivity contribution is 0.0466. The van der Waals surface area contributed by atoms with Gasteiger partial charge in [0.15, 0.2) is 0 Å². The second-order valence-corrected chi connectivity index (χ2v) is 5.23. The molecule has 1 aliphatic heterocycles. The Morgan fingerprint density at radius 3 is 2.61 bits per heavy atom. The molecular formula is C13H17ClF2N2. The Labute approximate surface area is 111 Å². The highest BCUT2D eigenvalue weighted by Crippen LogP contribution is 2.31. The van der Waals surface area contributed by atoms with Crippen molar-refractivity contribution < 1.29 is 8.78 Å². The van der Waals surface area contributed by atoms with Crippen molar-refractivity contribution in [1.82, 2.24) is 0 Å². The van der Waals surface area contributed by atoms with Gasteiger partial charge in [0.2, 0.25) is 0 Å². The minimum absolute atomic E-state index is 0.288. The topological polar surface area (TPSA) is 29.3 Å². The minimum Gasteiger partial charge on any atom is -0.370 e. The van der Waals surface area contributed by atoms with Crippen LogP contribution in [0.1, 0.15) is 19.3 Å². The smallest absolute Gasteiger partial charge is 0.256 e. The van der Waals surface area contributed by atoms with Crippen molar-refractivity contribution in [2.24, 2.45) is 5.73 Å². The van der Waals surface area contributed by atoms with Gasteiger partial charge in [0, 0.05) is 13.1 Å². The van der Waals surface area contributed by atoms with Gasteiger partial charge >= 0.3 is 0 Å². The lowest BCUT2D eigenvalue weighted by atomic mass is 9.92. The summed E-state index contributed by atoms with van der Waals surface area (Å²) in [5, 5.41) is 0.652. The van der Waals surface area contributed by atoms with E-state index in [0.717, 1.165) is 12.2 Å². The maximum absolute atomic E-state index is 12.9. The van der Waals surface area contributed by atoms with Gasteiger partial charge in [0.1, 0.15) is 0 Å². The standard InChI is InChI=1S/C13H17ClF2N2/c14-10-4-1-2-5-11(10)18-8-3-6-13(17,7-9-18)12(15)16/h1-2,4-5,12H,3,6-9,17H2. The number of nitrogens with zero attached hydrogens (tertiary/aromatic N) is 1. The number of benzene rings is 1. The summed E-state index contributed by atoms with van der Waals surface area (Å²) in [5.74, 6) is 0. The van der Waals surface area contributed by atoms with Crippen molar-refractivity contribution in [3.8, 4) is 0 Å². The monoisotopic (exact) mass is 274 g/mol. The molecule has 0 spiro atoms. The summed E-state index contributed by atoms with van der Waals surface area (Å²) in [6, 6.07) is 7.48. The van der Waals surface area contributed by atoms with Gasteiger partial charge in [-0.2, -0.15) is 0 Å². The molecule has 1 aromatic rings. The Balaban J connectivity index is 2.13. The Kier molecular flexibility index (Phi) is 4.07. The van der Waals surface area contributed by atoms with E-state index in [2.05, 4.69) is 0 Å². The van der Waals surface area contributed by atoms with Gasteiger partial charge in [-0.05, 0) is 31.4 Å². The summed E-state index contributed by atoms with van der Waals surface area (Å²) < 4.78 is 25.8. The predicted molar refractivity (Wildman–Crippen MR) is 70.4 cm³/mol. The molecule has 1 saturated heterocycles. The van der Waals surface area contributed by atoms with Gasteiger partial charge in [-0.25, -0.2) is 8.78 Å². The molecule has 0 aliphatic carbocycles. The molecule has 0 saturated carbocycles.